The molecule has 0 aliphatic carbocycles. The summed E-state index contributed by atoms with van der Waals surface area (Å²) in [6.45, 7) is 11.8. The number of amides is 1. The summed E-state index contributed by atoms with van der Waals surface area (Å²) < 4.78 is 5.07. The maximum atomic E-state index is 12.3. The van der Waals surface area contributed by atoms with Gasteiger partial charge in [-0.2, -0.15) is 0 Å². The highest BCUT2D eigenvalue weighted by atomic mass is 16.3. The van der Waals surface area contributed by atoms with Gasteiger partial charge in [0.05, 0.1) is 6.26 Å². The molecule has 0 bridgehead atoms. The number of hydrogen-bond acceptors (Lipinski definition) is 4. The third-order valence-electron chi connectivity index (χ3n) is 3.87. The summed E-state index contributed by atoms with van der Waals surface area (Å²) in [7, 11) is 0. The van der Waals surface area contributed by atoms with Crippen LogP contribution in [0.25, 0.3) is 0 Å². The van der Waals surface area contributed by atoms with Crippen LogP contribution in [0.1, 0.15) is 63.2 Å². The Morgan fingerprint density at radius 3 is 1.88 bits per heavy atom. The monoisotopic (exact) mass is 331 g/mol. The molecule has 0 aliphatic rings. The van der Waals surface area contributed by atoms with Gasteiger partial charge in [-0.05, 0) is 29.0 Å². The van der Waals surface area contributed by atoms with Crippen molar-refractivity contribution in [3.05, 3.63) is 41.3 Å². The highest BCUT2D eigenvalue weighted by Gasteiger charge is 2.30. The molecule has 0 radical (unpaired) electrons. The molecule has 1 aromatic heterocycles. The molecule has 0 unspecified atom stereocenters. The summed E-state index contributed by atoms with van der Waals surface area (Å²) in [4.78, 5) is 12.3. The number of hydrogen-bond donors (Lipinski definition) is 3. The van der Waals surface area contributed by atoms with Crippen LogP contribution in [-0.4, -0.2) is 16.1 Å². The van der Waals surface area contributed by atoms with Gasteiger partial charge in [-0.1, -0.05) is 41.5 Å². The van der Waals surface area contributed by atoms with Gasteiger partial charge in [0.25, 0.3) is 5.91 Å². The Kier molecular flexibility index (Phi) is 4.40. The fourth-order valence-corrected chi connectivity index (χ4v) is 2.51. The Morgan fingerprint density at radius 2 is 1.50 bits per heavy atom. The average Bonchev–Trinajstić information content (AvgIpc) is 2.94. The lowest BCUT2D eigenvalue weighted by atomic mass is 9.79. The van der Waals surface area contributed by atoms with E-state index in [2.05, 4.69) is 5.32 Å². The van der Waals surface area contributed by atoms with Gasteiger partial charge in [0.2, 0.25) is 0 Å². The number of carbonyl (C=O) groups is 1. The molecule has 24 heavy (non-hydrogen) atoms. The number of rotatable bonds is 2. The van der Waals surface area contributed by atoms with Crippen LogP contribution in [0.3, 0.4) is 0 Å². The van der Waals surface area contributed by atoms with E-state index in [4.69, 9.17) is 4.42 Å². The number of phenolic OH excluding ortho intramolecular Hbond substituents is 2. The minimum atomic E-state index is -0.531. The lowest BCUT2D eigenvalue weighted by Gasteiger charge is -2.28. The summed E-state index contributed by atoms with van der Waals surface area (Å²) in [5.41, 5.74) is 0.595. The number of phenols is 2. The Hall–Kier alpha value is -2.43. The van der Waals surface area contributed by atoms with E-state index in [1.54, 1.807) is 12.1 Å². The molecular weight excluding hydrogens is 306 g/mol. The van der Waals surface area contributed by atoms with Crippen LogP contribution in [-0.2, 0) is 10.8 Å². The van der Waals surface area contributed by atoms with Crippen LogP contribution in [0.4, 0.5) is 5.69 Å². The molecule has 0 spiro atoms. The zero-order valence-electron chi connectivity index (χ0n) is 15.0. The Labute approximate surface area is 142 Å². The average molecular weight is 331 g/mol. The smallest absolute Gasteiger partial charge is 0.291 e. The molecular formula is C19H25NO4. The fourth-order valence-electron chi connectivity index (χ4n) is 2.51. The van der Waals surface area contributed by atoms with E-state index in [1.165, 1.54) is 12.3 Å². The molecule has 1 heterocycles. The largest absolute Gasteiger partial charge is 0.505 e. The van der Waals surface area contributed by atoms with Gasteiger partial charge < -0.3 is 19.9 Å². The molecule has 2 rings (SSSR count). The zero-order valence-corrected chi connectivity index (χ0v) is 15.0. The van der Waals surface area contributed by atoms with Crippen molar-refractivity contribution in [1.82, 2.24) is 0 Å². The lowest BCUT2D eigenvalue weighted by Crippen LogP contribution is -2.19. The first-order valence-corrected chi connectivity index (χ1v) is 7.87. The van der Waals surface area contributed by atoms with Crippen LogP contribution >= 0.6 is 0 Å². The number of anilines is 1. The molecule has 0 aliphatic heterocycles. The van der Waals surface area contributed by atoms with E-state index in [9.17, 15) is 15.0 Å². The third kappa shape index (κ3) is 3.40. The van der Waals surface area contributed by atoms with Crippen molar-refractivity contribution in [2.45, 2.75) is 52.4 Å². The molecule has 1 amide bonds. The van der Waals surface area contributed by atoms with E-state index in [0.29, 0.717) is 11.1 Å². The molecule has 5 heteroatoms. The maximum Gasteiger partial charge on any atom is 0.291 e. The van der Waals surface area contributed by atoms with Gasteiger partial charge in [0.1, 0.15) is 17.2 Å². The summed E-state index contributed by atoms with van der Waals surface area (Å²) in [6.07, 6.45) is 1.39. The second kappa shape index (κ2) is 5.89. The van der Waals surface area contributed by atoms with Crippen molar-refractivity contribution < 1.29 is 19.4 Å². The summed E-state index contributed by atoms with van der Waals surface area (Å²) in [5, 5.41) is 23.8. The van der Waals surface area contributed by atoms with Crippen molar-refractivity contribution >= 4 is 11.6 Å². The SMILES string of the molecule is CC(C)(C)c1cc(C(C)(C)C)c(O)c(NC(=O)c2ccco2)c1O. The number of carbonyl (C=O) groups excluding carboxylic acids is 1. The predicted octanol–water partition coefficient (Wildman–Crippen LogP) is 4.54. The number of nitrogens with one attached hydrogen (secondary N) is 1. The topological polar surface area (TPSA) is 82.7 Å². The molecule has 2 aromatic rings. The van der Waals surface area contributed by atoms with Crippen LogP contribution in [0.15, 0.2) is 28.9 Å². The first kappa shape index (κ1) is 17.9. The normalized spacial score (nSPS) is 12.2. The Bertz CT molecular complexity index is 709. The van der Waals surface area contributed by atoms with E-state index < -0.39 is 5.91 Å². The van der Waals surface area contributed by atoms with Gasteiger partial charge in [0.15, 0.2) is 5.76 Å². The van der Waals surface area contributed by atoms with E-state index >= 15 is 0 Å². The molecule has 0 saturated carbocycles. The minimum Gasteiger partial charge on any atom is -0.505 e. The highest BCUT2D eigenvalue weighted by molar-refractivity contribution is 6.04. The highest BCUT2D eigenvalue weighted by Crippen LogP contribution is 2.47. The van der Waals surface area contributed by atoms with E-state index in [-0.39, 0.29) is 33.8 Å². The molecule has 5 nitrogen and oxygen atoms in total. The van der Waals surface area contributed by atoms with Crippen molar-refractivity contribution in [2.24, 2.45) is 0 Å². The van der Waals surface area contributed by atoms with E-state index in [0.717, 1.165) is 0 Å². The molecule has 3 N–H and O–H groups in total. The van der Waals surface area contributed by atoms with Gasteiger partial charge in [-0.3, -0.25) is 4.79 Å². The third-order valence-corrected chi connectivity index (χ3v) is 3.87. The van der Waals surface area contributed by atoms with Crippen LogP contribution in [0.5, 0.6) is 11.5 Å². The second-order valence-corrected chi connectivity index (χ2v) is 7.98. The maximum absolute atomic E-state index is 12.3. The fraction of sp³-hybridized carbons (Fsp3) is 0.421. The van der Waals surface area contributed by atoms with Gasteiger partial charge in [-0.15, -0.1) is 0 Å². The number of furan rings is 1. The van der Waals surface area contributed by atoms with Crippen molar-refractivity contribution in [2.75, 3.05) is 5.32 Å². The van der Waals surface area contributed by atoms with Crippen LogP contribution in [0, 0.1) is 0 Å². The second-order valence-electron chi connectivity index (χ2n) is 7.98. The number of benzene rings is 1. The Balaban J connectivity index is 2.63. The quantitative estimate of drug-likeness (QED) is 0.706. The summed E-state index contributed by atoms with van der Waals surface area (Å²) in [6, 6.07) is 4.91. The van der Waals surface area contributed by atoms with E-state index in [1.807, 2.05) is 41.5 Å². The summed E-state index contributed by atoms with van der Waals surface area (Å²) in [5.74, 6) is -0.690. The molecule has 0 saturated heterocycles. The molecule has 1 aromatic carbocycles. The predicted molar refractivity (Wildman–Crippen MR) is 93.8 cm³/mol. The van der Waals surface area contributed by atoms with Crippen LogP contribution in [0.2, 0.25) is 0 Å². The molecule has 130 valence electrons. The number of aromatic hydroxyl groups is 2. The van der Waals surface area contributed by atoms with Gasteiger partial charge >= 0.3 is 0 Å². The van der Waals surface area contributed by atoms with Crippen molar-refractivity contribution in [1.29, 1.82) is 0 Å². The standard InChI is InChI=1S/C19H25NO4/c1-18(2,3)11-10-12(19(4,5)6)16(22)14(15(11)21)20-17(23)13-8-7-9-24-13/h7-10,21-22H,1-6H3,(H,20,23). The van der Waals surface area contributed by atoms with Crippen LogP contribution < -0.4 is 5.32 Å². The molecule has 0 atom stereocenters. The van der Waals surface area contributed by atoms with Gasteiger partial charge in [0, 0.05) is 11.1 Å². The lowest BCUT2D eigenvalue weighted by molar-refractivity contribution is 0.0995. The molecule has 0 fully saturated rings. The Morgan fingerprint density at radius 1 is 1.00 bits per heavy atom. The van der Waals surface area contributed by atoms with Crippen molar-refractivity contribution in [3.8, 4) is 11.5 Å². The first-order chi connectivity index (χ1) is 10.9. The zero-order chi connectivity index (χ0) is 18.3. The minimum absolute atomic E-state index is 0.00810. The van der Waals surface area contributed by atoms with Crippen molar-refractivity contribution in [3.63, 3.8) is 0 Å². The summed E-state index contributed by atoms with van der Waals surface area (Å²) >= 11 is 0. The van der Waals surface area contributed by atoms with Gasteiger partial charge in [-0.25, -0.2) is 0 Å². The first-order valence-electron chi connectivity index (χ1n) is 7.87.